The van der Waals surface area contributed by atoms with Crippen molar-refractivity contribution in [3.05, 3.63) is 54.5 Å². The van der Waals surface area contributed by atoms with Crippen molar-refractivity contribution >= 4 is 11.8 Å². The number of hydrogen-bond acceptors (Lipinski definition) is 7. The van der Waals surface area contributed by atoms with Crippen molar-refractivity contribution in [3.8, 4) is 0 Å². The van der Waals surface area contributed by atoms with Crippen molar-refractivity contribution in [2.75, 3.05) is 18.4 Å². The number of rotatable bonds is 5. The topological polar surface area (TPSA) is 84.7 Å². The minimum Gasteiger partial charge on any atom is -0.307 e. The van der Waals surface area contributed by atoms with Crippen LogP contribution in [0.1, 0.15) is 30.0 Å². The molecule has 0 bridgehead atoms. The Labute approximate surface area is 152 Å². The van der Waals surface area contributed by atoms with E-state index < -0.39 is 0 Å². The van der Waals surface area contributed by atoms with Crippen LogP contribution in [0.5, 0.6) is 0 Å². The van der Waals surface area contributed by atoms with E-state index in [1.807, 2.05) is 24.1 Å². The summed E-state index contributed by atoms with van der Waals surface area (Å²) in [6.07, 6.45) is 13.3. The Hall–Kier alpha value is -2.87. The predicted molar refractivity (Wildman–Crippen MR) is 97.8 cm³/mol. The Bertz CT molecular complexity index is 830. The van der Waals surface area contributed by atoms with Gasteiger partial charge in [0.15, 0.2) is 5.82 Å². The number of hydrogen-bond donors (Lipinski definition) is 1. The van der Waals surface area contributed by atoms with Crippen LogP contribution in [-0.4, -0.2) is 47.7 Å². The standard InChI is InChI=1S/C18H22N8/c1-25-11-14(8-23-25)12-26-7-2-4-15(13-26)16-9-22-17(10-21-16)24-18-19-5-3-6-20-18/h3,5-6,8-11,15H,2,4,7,12-13H2,1H3,(H,19,20,22,24). The highest BCUT2D eigenvalue weighted by Gasteiger charge is 2.23. The van der Waals surface area contributed by atoms with Gasteiger partial charge in [-0.2, -0.15) is 5.10 Å². The average molecular weight is 350 g/mol. The second-order valence-corrected chi connectivity index (χ2v) is 6.62. The van der Waals surface area contributed by atoms with Gasteiger partial charge in [-0.1, -0.05) is 0 Å². The van der Waals surface area contributed by atoms with Gasteiger partial charge in [0, 0.05) is 50.2 Å². The van der Waals surface area contributed by atoms with Crippen LogP contribution < -0.4 is 5.32 Å². The number of nitrogens with zero attached hydrogens (tertiary/aromatic N) is 7. The molecule has 1 aliphatic rings. The zero-order valence-corrected chi connectivity index (χ0v) is 14.8. The van der Waals surface area contributed by atoms with Crippen molar-refractivity contribution in [2.24, 2.45) is 7.05 Å². The van der Waals surface area contributed by atoms with Crippen LogP contribution >= 0.6 is 0 Å². The molecular formula is C18H22N8. The molecular weight excluding hydrogens is 328 g/mol. The highest BCUT2D eigenvalue weighted by molar-refractivity contribution is 5.45. The lowest BCUT2D eigenvalue weighted by atomic mass is 9.95. The normalized spacial score (nSPS) is 18.0. The van der Waals surface area contributed by atoms with Gasteiger partial charge in [0.1, 0.15) is 0 Å². The molecule has 3 aromatic rings. The maximum absolute atomic E-state index is 4.62. The van der Waals surface area contributed by atoms with E-state index in [2.05, 4.69) is 41.4 Å². The maximum Gasteiger partial charge on any atom is 0.228 e. The molecule has 0 radical (unpaired) electrons. The Balaban J connectivity index is 1.38. The van der Waals surface area contributed by atoms with E-state index in [1.54, 1.807) is 24.7 Å². The fourth-order valence-corrected chi connectivity index (χ4v) is 3.34. The summed E-state index contributed by atoms with van der Waals surface area (Å²) in [7, 11) is 1.95. The van der Waals surface area contributed by atoms with Crippen LogP contribution in [-0.2, 0) is 13.6 Å². The molecule has 0 aliphatic carbocycles. The van der Waals surface area contributed by atoms with Gasteiger partial charge >= 0.3 is 0 Å². The Morgan fingerprint density at radius 2 is 2.00 bits per heavy atom. The number of anilines is 2. The summed E-state index contributed by atoms with van der Waals surface area (Å²) in [5.41, 5.74) is 2.29. The quantitative estimate of drug-likeness (QED) is 0.754. The van der Waals surface area contributed by atoms with E-state index in [0.29, 0.717) is 17.7 Å². The van der Waals surface area contributed by atoms with Crippen LogP contribution in [0.2, 0.25) is 0 Å². The van der Waals surface area contributed by atoms with Gasteiger partial charge < -0.3 is 5.32 Å². The van der Waals surface area contributed by atoms with E-state index >= 15 is 0 Å². The predicted octanol–water partition coefficient (Wildman–Crippen LogP) is 2.12. The molecule has 4 heterocycles. The van der Waals surface area contributed by atoms with Gasteiger partial charge in [-0.05, 0) is 25.5 Å². The van der Waals surface area contributed by atoms with Gasteiger partial charge in [0.2, 0.25) is 5.95 Å². The van der Waals surface area contributed by atoms with Gasteiger partial charge in [-0.25, -0.2) is 15.0 Å². The Morgan fingerprint density at radius 1 is 1.12 bits per heavy atom. The van der Waals surface area contributed by atoms with Crippen LogP contribution in [0.3, 0.4) is 0 Å². The first-order chi connectivity index (χ1) is 12.8. The monoisotopic (exact) mass is 350 g/mol. The summed E-state index contributed by atoms with van der Waals surface area (Å²) in [5.74, 6) is 1.59. The van der Waals surface area contributed by atoms with Gasteiger partial charge in [-0.15, -0.1) is 0 Å². The molecule has 26 heavy (non-hydrogen) atoms. The highest BCUT2D eigenvalue weighted by atomic mass is 15.2. The van der Waals surface area contributed by atoms with E-state index in [0.717, 1.165) is 31.7 Å². The highest BCUT2D eigenvalue weighted by Crippen LogP contribution is 2.26. The Morgan fingerprint density at radius 3 is 2.73 bits per heavy atom. The van der Waals surface area contributed by atoms with Crippen LogP contribution in [0.25, 0.3) is 0 Å². The molecule has 1 atom stereocenters. The molecule has 8 nitrogen and oxygen atoms in total. The summed E-state index contributed by atoms with van der Waals surface area (Å²) in [6.45, 7) is 3.05. The molecule has 1 N–H and O–H groups in total. The fraction of sp³-hybridized carbons (Fsp3) is 0.389. The van der Waals surface area contributed by atoms with E-state index in [9.17, 15) is 0 Å². The summed E-state index contributed by atoms with van der Waals surface area (Å²) in [4.78, 5) is 19.8. The number of likely N-dealkylation sites (tertiary alicyclic amines) is 1. The summed E-state index contributed by atoms with van der Waals surface area (Å²) < 4.78 is 1.85. The molecule has 0 spiro atoms. The lowest BCUT2D eigenvalue weighted by Gasteiger charge is -2.32. The lowest BCUT2D eigenvalue weighted by Crippen LogP contribution is -2.34. The number of piperidine rings is 1. The maximum atomic E-state index is 4.62. The van der Waals surface area contributed by atoms with Crippen molar-refractivity contribution in [1.82, 2.24) is 34.6 Å². The first-order valence-corrected chi connectivity index (χ1v) is 8.82. The minimum atomic E-state index is 0.412. The summed E-state index contributed by atoms with van der Waals surface area (Å²) in [5, 5.41) is 7.32. The first kappa shape index (κ1) is 16.6. The number of aryl methyl sites for hydroxylation is 1. The van der Waals surface area contributed by atoms with Crippen molar-refractivity contribution in [1.29, 1.82) is 0 Å². The molecule has 0 aromatic carbocycles. The van der Waals surface area contributed by atoms with Crippen LogP contribution in [0, 0.1) is 0 Å². The SMILES string of the molecule is Cn1cc(CN2CCCC(c3cnc(Nc4ncccn4)cn3)C2)cn1. The number of nitrogens with one attached hydrogen (secondary N) is 1. The summed E-state index contributed by atoms with van der Waals surface area (Å²) in [6, 6.07) is 1.78. The zero-order chi connectivity index (χ0) is 17.8. The number of aromatic nitrogens is 6. The van der Waals surface area contributed by atoms with Crippen molar-refractivity contribution < 1.29 is 0 Å². The van der Waals surface area contributed by atoms with Crippen LogP contribution in [0.4, 0.5) is 11.8 Å². The molecule has 1 fully saturated rings. The first-order valence-electron chi connectivity index (χ1n) is 8.82. The molecule has 134 valence electrons. The Kier molecular flexibility index (Phi) is 4.83. The lowest BCUT2D eigenvalue weighted by molar-refractivity contribution is 0.198. The second kappa shape index (κ2) is 7.57. The van der Waals surface area contributed by atoms with Gasteiger partial charge in [0.25, 0.3) is 0 Å². The third-order valence-electron chi connectivity index (χ3n) is 4.57. The van der Waals surface area contributed by atoms with Gasteiger partial charge in [-0.3, -0.25) is 14.6 Å². The minimum absolute atomic E-state index is 0.412. The third-order valence-corrected chi connectivity index (χ3v) is 4.57. The molecule has 0 saturated carbocycles. The van der Waals surface area contributed by atoms with E-state index in [4.69, 9.17) is 0 Å². The third kappa shape index (κ3) is 4.02. The smallest absolute Gasteiger partial charge is 0.228 e. The van der Waals surface area contributed by atoms with E-state index in [1.165, 1.54) is 12.0 Å². The average Bonchev–Trinajstić information content (AvgIpc) is 3.08. The van der Waals surface area contributed by atoms with Crippen molar-refractivity contribution in [3.63, 3.8) is 0 Å². The zero-order valence-electron chi connectivity index (χ0n) is 14.8. The second-order valence-electron chi connectivity index (χ2n) is 6.62. The molecule has 4 rings (SSSR count). The molecule has 1 aliphatic heterocycles. The molecule has 1 unspecified atom stereocenters. The van der Waals surface area contributed by atoms with Gasteiger partial charge in [0.05, 0.1) is 24.3 Å². The largest absolute Gasteiger partial charge is 0.307 e. The molecule has 8 heteroatoms. The molecule has 0 amide bonds. The molecule has 3 aromatic heterocycles. The summed E-state index contributed by atoms with van der Waals surface area (Å²) >= 11 is 0. The van der Waals surface area contributed by atoms with Crippen LogP contribution in [0.15, 0.2) is 43.2 Å². The van der Waals surface area contributed by atoms with Crippen molar-refractivity contribution in [2.45, 2.75) is 25.3 Å². The van der Waals surface area contributed by atoms with E-state index in [-0.39, 0.29) is 0 Å². The fourth-order valence-electron chi connectivity index (χ4n) is 3.34. The molecule has 1 saturated heterocycles.